The Morgan fingerprint density at radius 1 is 1.08 bits per heavy atom. The number of halogens is 2. The molecule has 1 atom stereocenters. The molecule has 1 aliphatic rings. The minimum absolute atomic E-state index is 0.0448. The molecule has 2 aromatic carbocycles. The summed E-state index contributed by atoms with van der Waals surface area (Å²) in [6.45, 7) is 0. The number of aromatic nitrogens is 1. The molecule has 2 amide bonds. The van der Waals surface area contributed by atoms with Crippen molar-refractivity contribution in [3.8, 4) is 0 Å². The second-order valence-electron chi connectivity index (χ2n) is 5.82. The third kappa shape index (κ3) is 2.75. The van der Waals surface area contributed by atoms with Gasteiger partial charge in [0.2, 0.25) is 5.91 Å². The smallest absolute Gasteiger partial charge is 0.256 e. The number of H-pyrrole nitrogens is 1. The van der Waals surface area contributed by atoms with E-state index in [9.17, 15) is 9.59 Å². The summed E-state index contributed by atoms with van der Waals surface area (Å²) in [5.41, 5.74) is 1.95. The van der Waals surface area contributed by atoms with Gasteiger partial charge < -0.3 is 10.3 Å². The van der Waals surface area contributed by atoms with Gasteiger partial charge in [-0.3, -0.25) is 9.59 Å². The summed E-state index contributed by atoms with van der Waals surface area (Å²) < 4.78 is 0. The van der Waals surface area contributed by atoms with Gasteiger partial charge in [-0.25, -0.2) is 4.90 Å². The van der Waals surface area contributed by atoms with Gasteiger partial charge in [-0.15, -0.1) is 0 Å². The highest BCUT2D eigenvalue weighted by atomic mass is 35.5. The third-order valence-corrected chi connectivity index (χ3v) is 4.81. The van der Waals surface area contributed by atoms with Crippen LogP contribution in [0, 0.1) is 0 Å². The highest BCUT2D eigenvalue weighted by Crippen LogP contribution is 2.37. The molecule has 0 saturated carbocycles. The van der Waals surface area contributed by atoms with Crippen LogP contribution in [0.2, 0.25) is 10.0 Å². The lowest BCUT2D eigenvalue weighted by molar-refractivity contribution is -0.121. The molecule has 0 spiro atoms. The molecule has 2 N–H and O–H groups in total. The van der Waals surface area contributed by atoms with Crippen LogP contribution in [-0.4, -0.2) is 22.8 Å². The Hall–Kier alpha value is -2.50. The van der Waals surface area contributed by atoms with Crippen LogP contribution in [0.4, 0.5) is 11.4 Å². The van der Waals surface area contributed by atoms with Gasteiger partial charge in [0.05, 0.1) is 22.2 Å². The molecule has 126 valence electrons. The summed E-state index contributed by atoms with van der Waals surface area (Å²) in [5.74, 6) is -0.704. The molecule has 0 bridgehead atoms. The molecule has 7 heteroatoms. The first-order valence-electron chi connectivity index (χ1n) is 7.69. The summed E-state index contributed by atoms with van der Waals surface area (Å²) in [7, 11) is 0. The normalized spacial score (nSPS) is 17.5. The number of hydrogen-bond acceptors (Lipinski definition) is 3. The third-order valence-electron chi connectivity index (χ3n) is 4.20. The average molecular weight is 374 g/mol. The van der Waals surface area contributed by atoms with E-state index in [1.165, 1.54) is 0 Å². The van der Waals surface area contributed by atoms with Crippen LogP contribution in [0.15, 0.2) is 48.7 Å². The molecule has 25 heavy (non-hydrogen) atoms. The number of imide groups is 1. The molecule has 4 rings (SSSR count). The van der Waals surface area contributed by atoms with Crippen molar-refractivity contribution in [3.05, 3.63) is 58.7 Å². The predicted molar refractivity (Wildman–Crippen MR) is 99.3 cm³/mol. The number of fused-ring (bicyclic) bond motifs is 1. The van der Waals surface area contributed by atoms with E-state index < -0.39 is 6.04 Å². The molecular weight excluding hydrogens is 361 g/mol. The number of benzene rings is 2. The van der Waals surface area contributed by atoms with Gasteiger partial charge in [0.15, 0.2) is 0 Å². The second-order valence-corrected chi connectivity index (χ2v) is 6.63. The molecule has 1 fully saturated rings. The fourth-order valence-electron chi connectivity index (χ4n) is 3.02. The zero-order chi connectivity index (χ0) is 17.6. The minimum atomic E-state index is -0.660. The number of hydrogen-bond donors (Lipinski definition) is 2. The molecular formula is C18H13Cl2N3O2. The van der Waals surface area contributed by atoms with Crippen molar-refractivity contribution in [1.82, 2.24) is 4.98 Å². The largest absolute Gasteiger partial charge is 0.373 e. The fourth-order valence-corrected chi connectivity index (χ4v) is 3.59. The van der Waals surface area contributed by atoms with Gasteiger partial charge in [0.25, 0.3) is 5.91 Å². The van der Waals surface area contributed by atoms with E-state index in [0.29, 0.717) is 0 Å². The fraction of sp³-hybridized carbons (Fsp3) is 0.111. The van der Waals surface area contributed by atoms with Crippen LogP contribution in [0.1, 0.15) is 6.42 Å². The number of rotatable bonds is 3. The number of carbonyl (C=O) groups is 2. The lowest BCUT2D eigenvalue weighted by Crippen LogP contribution is -2.35. The van der Waals surface area contributed by atoms with E-state index in [-0.39, 0.29) is 34.0 Å². The zero-order valence-electron chi connectivity index (χ0n) is 12.9. The number of nitrogens with one attached hydrogen (secondary N) is 2. The van der Waals surface area contributed by atoms with Crippen molar-refractivity contribution in [2.75, 3.05) is 10.2 Å². The molecule has 0 aliphatic carbocycles. The number of para-hydroxylation sites is 1. The first kappa shape index (κ1) is 16.0. The van der Waals surface area contributed by atoms with E-state index in [4.69, 9.17) is 23.2 Å². The highest BCUT2D eigenvalue weighted by molar-refractivity contribution is 6.42. The summed E-state index contributed by atoms with van der Waals surface area (Å²) in [6.07, 6.45) is 1.89. The molecule has 1 aromatic heterocycles. The number of anilines is 2. The first-order chi connectivity index (χ1) is 12.0. The van der Waals surface area contributed by atoms with E-state index in [0.717, 1.165) is 21.5 Å². The Kier molecular flexibility index (Phi) is 3.90. The van der Waals surface area contributed by atoms with Crippen molar-refractivity contribution >= 4 is 57.3 Å². The zero-order valence-corrected chi connectivity index (χ0v) is 14.4. The molecule has 3 aromatic rings. The van der Waals surface area contributed by atoms with Crippen LogP contribution in [0.5, 0.6) is 0 Å². The van der Waals surface area contributed by atoms with Crippen LogP contribution in [0.3, 0.4) is 0 Å². The molecule has 1 aliphatic heterocycles. The highest BCUT2D eigenvalue weighted by Gasteiger charge is 2.41. The van der Waals surface area contributed by atoms with Gasteiger partial charge in [-0.1, -0.05) is 35.3 Å². The molecule has 5 nitrogen and oxygen atoms in total. The maximum atomic E-state index is 12.8. The molecule has 0 unspecified atom stereocenters. The Morgan fingerprint density at radius 3 is 2.60 bits per heavy atom. The van der Waals surface area contributed by atoms with E-state index in [1.807, 2.05) is 30.5 Å². The number of amides is 2. The average Bonchev–Trinajstić information content (AvgIpc) is 3.14. The minimum Gasteiger partial charge on any atom is -0.373 e. The van der Waals surface area contributed by atoms with Crippen LogP contribution in [-0.2, 0) is 9.59 Å². The van der Waals surface area contributed by atoms with Gasteiger partial charge in [0.1, 0.15) is 6.04 Å². The number of carbonyl (C=O) groups excluding carboxylic acids is 2. The van der Waals surface area contributed by atoms with Gasteiger partial charge >= 0.3 is 0 Å². The van der Waals surface area contributed by atoms with Crippen molar-refractivity contribution in [3.63, 3.8) is 0 Å². The SMILES string of the molecule is O=C1C[C@@H](Nc2ccc3cc[nH]c3c2)C(=O)N1c1c(Cl)cccc1Cl. The maximum Gasteiger partial charge on any atom is 0.256 e. The first-order valence-corrected chi connectivity index (χ1v) is 8.44. The van der Waals surface area contributed by atoms with Crippen molar-refractivity contribution in [2.24, 2.45) is 0 Å². The van der Waals surface area contributed by atoms with Crippen LogP contribution in [0.25, 0.3) is 10.9 Å². The van der Waals surface area contributed by atoms with Crippen molar-refractivity contribution < 1.29 is 9.59 Å². The second kappa shape index (κ2) is 6.10. The number of nitrogens with zero attached hydrogens (tertiary/aromatic N) is 1. The lowest BCUT2D eigenvalue weighted by Gasteiger charge is -2.18. The number of aromatic amines is 1. The molecule has 1 saturated heterocycles. The summed E-state index contributed by atoms with van der Waals surface area (Å²) in [4.78, 5) is 29.3. The summed E-state index contributed by atoms with van der Waals surface area (Å²) in [6, 6.07) is 11.9. The Balaban J connectivity index is 1.62. The Morgan fingerprint density at radius 2 is 1.84 bits per heavy atom. The van der Waals surface area contributed by atoms with Gasteiger partial charge in [-0.05, 0) is 35.7 Å². The van der Waals surface area contributed by atoms with E-state index >= 15 is 0 Å². The topological polar surface area (TPSA) is 65.2 Å². The van der Waals surface area contributed by atoms with Crippen molar-refractivity contribution in [2.45, 2.75) is 12.5 Å². The van der Waals surface area contributed by atoms with E-state index in [1.54, 1.807) is 18.2 Å². The lowest BCUT2D eigenvalue weighted by atomic mass is 10.2. The van der Waals surface area contributed by atoms with E-state index in [2.05, 4.69) is 10.3 Å². The molecule has 2 heterocycles. The van der Waals surface area contributed by atoms with Crippen LogP contribution < -0.4 is 10.2 Å². The maximum absolute atomic E-state index is 12.8. The summed E-state index contributed by atoms with van der Waals surface area (Å²) in [5, 5.41) is 4.73. The Labute approximate surface area is 153 Å². The van der Waals surface area contributed by atoms with Gasteiger partial charge in [0, 0.05) is 17.4 Å². The molecule has 0 radical (unpaired) electrons. The Bertz CT molecular complexity index is 979. The summed E-state index contributed by atoms with van der Waals surface area (Å²) >= 11 is 12.3. The van der Waals surface area contributed by atoms with Gasteiger partial charge in [-0.2, -0.15) is 0 Å². The standard InChI is InChI=1S/C18H13Cl2N3O2/c19-12-2-1-3-13(20)17(12)23-16(24)9-15(18(23)25)22-11-5-4-10-6-7-21-14(10)8-11/h1-8,15,21-22H,9H2/t15-/m1/s1. The monoisotopic (exact) mass is 373 g/mol. The predicted octanol–water partition coefficient (Wildman–Crippen LogP) is 4.22. The van der Waals surface area contributed by atoms with Crippen LogP contribution >= 0.6 is 23.2 Å². The van der Waals surface area contributed by atoms with Crippen molar-refractivity contribution in [1.29, 1.82) is 0 Å². The quantitative estimate of drug-likeness (QED) is 0.675.